The monoisotopic (exact) mass is 249 g/mol. The average molecular weight is 249 g/mol. The third-order valence-electron chi connectivity index (χ3n) is 3.17. The van der Waals surface area contributed by atoms with Crippen LogP contribution in [0.4, 0.5) is 0 Å². The van der Waals surface area contributed by atoms with E-state index in [2.05, 4.69) is 5.16 Å². The first-order valence-corrected chi connectivity index (χ1v) is 5.64. The van der Waals surface area contributed by atoms with Crippen LogP contribution in [0.1, 0.15) is 27.9 Å². The average Bonchev–Trinajstić information content (AvgIpc) is 2.38. The van der Waals surface area contributed by atoms with Crippen LogP contribution < -0.4 is 9.47 Å². The summed E-state index contributed by atoms with van der Waals surface area (Å²) in [5.74, 6) is 0.902. The van der Waals surface area contributed by atoms with Gasteiger partial charge in [0.2, 0.25) is 5.78 Å². The van der Waals surface area contributed by atoms with Crippen molar-refractivity contribution in [2.75, 3.05) is 14.2 Å². The minimum absolute atomic E-state index is 0.159. The number of benzene rings is 1. The van der Waals surface area contributed by atoms with E-state index in [1.807, 2.05) is 6.92 Å². The first-order valence-electron chi connectivity index (χ1n) is 5.64. The number of Topliss-reactive ketones (excluding diaryl/α,β-unsaturated/α-hetero) is 1. The highest BCUT2D eigenvalue weighted by Gasteiger charge is 2.30. The van der Waals surface area contributed by atoms with Gasteiger partial charge in [-0.3, -0.25) is 4.79 Å². The van der Waals surface area contributed by atoms with Crippen LogP contribution in [0.15, 0.2) is 11.2 Å². The Balaban J connectivity index is 2.72. The summed E-state index contributed by atoms with van der Waals surface area (Å²) >= 11 is 0. The highest BCUT2D eigenvalue weighted by atomic mass is 16.5. The second-order valence-electron chi connectivity index (χ2n) is 4.16. The fourth-order valence-electron chi connectivity index (χ4n) is 2.36. The van der Waals surface area contributed by atoms with Gasteiger partial charge in [0.15, 0.2) is 0 Å². The molecule has 5 nitrogen and oxygen atoms in total. The molecule has 1 aromatic carbocycles. The van der Waals surface area contributed by atoms with Gasteiger partial charge in [0.1, 0.15) is 17.2 Å². The van der Waals surface area contributed by atoms with Crippen LogP contribution in [0.3, 0.4) is 0 Å². The van der Waals surface area contributed by atoms with Crippen molar-refractivity contribution in [2.45, 2.75) is 19.8 Å². The fraction of sp³-hybridized carbons (Fsp3) is 0.385. The Labute approximate surface area is 105 Å². The summed E-state index contributed by atoms with van der Waals surface area (Å²) in [6, 6.07) is 1.76. The number of aryl methyl sites for hydroxylation is 1. The minimum Gasteiger partial charge on any atom is -0.496 e. The summed E-state index contributed by atoms with van der Waals surface area (Å²) in [4.78, 5) is 12.2. The van der Waals surface area contributed by atoms with E-state index in [0.717, 1.165) is 11.1 Å². The Morgan fingerprint density at radius 3 is 2.56 bits per heavy atom. The second kappa shape index (κ2) is 4.68. The van der Waals surface area contributed by atoms with Crippen molar-refractivity contribution >= 4 is 11.5 Å². The molecule has 1 N–H and O–H groups in total. The number of rotatable bonds is 2. The third kappa shape index (κ3) is 1.72. The summed E-state index contributed by atoms with van der Waals surface area (Å²) < 4.78 is 10.6. The van der Waals surface area contributed by atoms with E-state index in [4.69, 9.17) is 14.7 Å². The zero-order chi connectivity index (χ0) is 13.3. The summed E-state index contributed by atoms with van der Waals surface area (Å²) in [5, 5.41) is 11.9. The lowest BCUT2D eigenvalue weighted by atomic mass is 9.86. The van der Waals surface area contributed by atoms with E-state index < -0.39 is 0 Å². The number of methoxy groups -OCH3 is 2. The van der Waals surface area contributed by atoms with Gasteiger partial charge >= 0.3 is 0 Å². The lowest BCUT2D eigenvalue weighted by Crippen LogP contribution is -2.24. The Hall–Kier alpha value is -2.04. The molecule has 0 bridgehead atoms. The molecule has 96 valence electrons. The van der Waals surface area contributed by atoms with Gasteiger partial charge in [-0.2, -0.15) is 0 Å². The number of ketones is 1. The van der Waals surface area contributed by atoms with Gasteiger partial charge in [-0.15, -0.1) is 0 Å². The van der Waals surface area contributed by atoms with Gasteiger partial charge in [-0.05, 0) is 25.0 Å². The smallest absolute Gasteiger partial charge is 0.214 e. The molecule has 2 rings (SSSR count). The van der Waals surface area contributed by atoms with Gasteiger partial charge in [0, 0.05) is 12.0 Å². The standard InChI is InChI=1S/C13H15NO4/c1-7-6-10(17-2)11-8(13(7)18-3)4-5-9(14-16)12(11)15/h6,16H,4-5H2,1-3H3/b14-9+. The molecule has 0 atom stereocenters. The number of fused-ring (bicyclic) bond motifs is 1. The maximum Gasteiger partial charge on any atom is 0.214 e. The van der Waals surface area contributed by atoms with Crippen molar-refractivity contribution in [3.63, 3.8) is 0 Å². The number of ether oxygens (including phenoxy) is 2. The lowest BCUT2D eigenvalue weighted by molar-refractivity contribution is 0.105. The van der Waals surface area contributed by atoms with Crippen molar-refractivity contribution < 1.29 is 19.5 Å². The SMILES string of the molecule is COc1cc(C)c(OC)c2c1C(=O)/C(=N/O)CC2. The molecule has 1 aliphatic carbocycles. The van der Waals surface area contributed by atoms with E-state index >= 15 is 0 Å². The maximum atomic E-state index is 12.2. The number of nitrogens with zero attached hydrogens (tertiary/aromatic N) is 1. The van der Waals surface area contributed by atoms with Gasteiger partial charge < -0.3 is 14.7 Å². The molecule has 0 fully saturated rings. The number of oxime groups is 1. The first-order chi connectivity index (χ1) is 8.63. The molecule has 0 aromatic heterocycles. The molecule has 0 spiro atoms. The molecule has 0 heterocycles. The lowest BCUT2D eigenvalue weighted by Gasteiger charge is -2.22. The molecule has 0 aliphatic heterocycles. The first kappa shape index (κ1) is 12.4. The molecule has 0 unspecified atom stereocenters. The number of hydrogen-bond acceptors (Lipinski definition) is 5. The molecular formula is C13H15NO4. The summed E-state index contributed by atoms with van der Waals surface area (Å²) in [5.41, 5.74) is 2.35. The summed E-state index contributed by atoms with van der Waals surface area (Å²) in [6.07, 6.45) is 1.01. The maximum absolute atomic E-state index is 12.2. The van der Waals surface area contributed by atoms with Gasteiger partial charge in [0.25, 0.3) is 0 Å². The Bertz CT molecular complexity index is 534. The predicted octanol–water partition coefficient (Wildman–Crippen LogP) is 1.97. The largest absolute Gasteiger partial charge is 0.496 e. The number of carbonyl (C=O) groups excluding carboxylic acids is 1. The van der Waals surface area contributed by atoms with Crippen LogP contribution in [0.2, 0.25) is 0 Å². The van der Waals surface area contributed by atoms with E-state index in [1.165, 1.54) is 7.11 Å². The van der Waals surface area contributed by atoms with Crippen molar-refractivity contribution in [3.05, 3.63) is 22.8 Å². The van der Waals surface area contributed by atoms with Crippen LogP contribution in [-0.4, -0.2) is 30.9 Å². The zero-order valence-electron chi connectivity index (χ0n) is 10.6. The third-order valence-corrected chi connectivity index (χ3v) is 3.17. The van der Waals surface area contributed by atoms with E-state index in [-0.39, 0.29) is 11.5 Å². The Kier molecular flexibility index (Phi) is 3.23. The molecule has 0 amide bonds. The van der Waals surface area contributed by atoms with Crippen LogP contribution in [0.25, 0.3) is 0 Å². The highest BCUT2D eigenvalue weighted by Crippen LogP contribution is 2.37. The molecule has 0 saturated heterocycles. The van der Waals surface area contributed by atoms with Crippen molar-refractivity contribution in [1.29, 1.82) is 0 Å². The second-order valence-corrected chi connectivity index (χ2v) is 4.16. The van der Waals surface area contributed by atoms with Gasteiger partial charge in [-0.1, -0.05) is 5.16 Å². The van der Waals surface area contributed by atoms with E-state index in [9.17, 15) is 4.79 Å². The molecule has 1 aromatic rings. The zero-order valence-corrected chi connectivity index (χ0v) is 10.6. The molecule has 0 radical (unpaired) electrons. The molecule has 5 heteroatoms. The summed E-state index contributed by atoms with van der Waals surface area (Å²) in [6.45, 7) is 1.90. The highest BCUT2D eigenvalue weighted by molar-refractivity contribution is 6.47. The van der Waals surface area contributed by atoms with Crippen LogP contribution >= 0.6 is 0 Å². The fourth-order valence-corrected chi connectivity index (χ4v) is 2.36. The molecule has 1 aliphatic rings. The predicted molar refractivity (Wildman–Crippen MR) is 66.2 cm³/mol. The van der Waals surface area contributed by atoms with Gasteiger partial charge in [-0.25, -0.2) is 0 Å². The Morgan fingerprint density at radius 2 is 2.00 bits per heavy atom. The van der Waals surface area contributed by atoms with Gasteiger partial charge in [0.05, 0.1) is 19.8 Å². The van der Waals surface area contributed by atoms with Crippen LogP contribution in [0, 0.1) is 6.92 Å². The topological polar surface area (TPSA) is 68.1 Å². The molecule has 0 saturated carbocycles. The normalized spacial score (nSPS) is 16.6. The van der Waals surface area contributed by atoms with Crippen molar-refractivity contribution in [1.82, 2.24) is 0 Å². The van der Waals surface area contributed by atoms with E-state index in [1.54, 1.807) is 13.2 Å². The number of carbonyl (C=O) groups is 1. The van der Waals surface area contributed by atoms with Crippen molar-refractivity contribution in [2.24, 2.45) is 5.16 Å². The van der Waals surface area contributed by atoms with Crippen LogP contribution in [-0.2, 0) is 6.42 Å². The Morgan fingerprint density at radius 1 is 1.28 bits per heavy atom. The van der Waals surface area contributed by atoms with E-state index in [0.29, 0.717) is 29.9 Å². The van der Waals surface area contributed by atoms with Crippen LogP contribution in [0.5, 0.6) is 11.5 Å². The number of hydrogen-bond donors (Lipinski definition) is 1. The summed E-state index contributed by atoms with van der Waals surface area (Å²) in [7, 11) is 3.09. The quantitative estimate of drug-likeness (QED) is 0.642. The minimum atomic E-state index is -0.297. The molecular weight excluding hydrogens is 234 g/mol. The van der Waals surface area contributed by atoms with Crippen molar-refractivity contribution in [3.8, 4) is 11.5 Å². The molecule has 18 heavy (non-hydrogen) atoms.